The van der Waals surface area contributed by atoms with E-state index in [0.29, 0.717) is 24.1 Å². The van der Waals surface area contributed by atoms with Crippen molar-refractivity contribution in [2.24, 2.45) is 11.8 Å². The second-order valence-electron chi connectivity index (χ2n) is 4.77. The number of thioether (sulfide) groups is 1. The molecule has 1 amide bonds. The summed E-state index contributed by atoms with van der Waals surface area (Å²) in [7, 11) is 1.40. The molecular formula is C12H21NO3S. The normalized spacial score (nSPS) is 24.2. The van der Waals surface area contributed by atoms with Gasteiger partial charge in [0.15, 0.2) is 0 Å². The zero-order valence-electron chi connectivity index (χ0n) is 10.9. The highest BCUT2D eigenvalue weighted by Gasteiger charge is 2.37. The van der Waals surface area contributed by atoms with Gasteiger partial charge < -0.3 is 9.64 Å². The number of amides is 1. The Hall–Kier alpha value is -0.710. The van der Waals surface area contributed by atoms with E-state index >= 15 is 0 Å². The number of rotatable bonds is 4. The van der Waals surface area contributed by atoms with E-state index < -0.39 is 0 Å². The Balaban J connectivity index is 2.48. The number of carbonyl (C=O) groups is 2. The third-order valence-corrected chi connectivity index (χ3v) is 4.09. The number of methoxy groups -OCH3 is 1. The van der Waals surface area contributed by atoms with E-state index in [1.54, 1.807) is 16.7 Å². The molecule has 0 N–H and O–H groups in total. The molecule has 1 heterocycles. The highest BCUT2D eigenvalue weighted by molar-refractivity contribution is 8.00. The minimum Gasteiger partial charge on any atom is -0.469 e. The lowest BCUT2D eigenvalue weighted by Gasteiger charge is -2.16. The van der Waals surface area contributed by atoms with Crippen molar-refractivity contribution in [2.75, 3.05) is 26.0 Å². The maximum absolute atomic E-state index is 11.9. The maximum atomic E-state index is 11.9. The zero-order chi connectivity index (χ0) is 13.0. The molecule has 5 heteroatoms. The lowest BCUT2D eigenvalue weighted by atomic mass is 9.99. The molecule has 1 fully saturated rings. The summed E-state index contributed by atoms with van der Waals surface area (Å²) >= 11 is 1.64. The summed E-state index contributed by atoms with van der Waals surface area (Å²) in [6.07, 6.45) is 0. The third-order valence-electron chi connectivity index (χ3n) is 3.01. The van der Waals surface area contributed by atoms with Crippen LogP contribution in [0.2, 0.25) is 0 Å². The van der Waals surface area contributed by atoms with Crippen LogP contribution in [0.3, 0.4) is 0 Å². The molecule has 1 aliphatic rings. The van der Waals surface area contributed by atoms with E-state index in [1.165, 1.54) is 7.11 Å². The fraction of sp³-hybridized carbons (Fsp3) is 0.833. The fourth-order valence-electron chi connectivity index (χ4n) is 1.96. The first kappa shape index (κ1) is 14.4. The van der Waals surface area contributed by atoms with E-state index in [1.807, 2.05) is 6.92 Å². The van der Waals surface area contributed by atoms with Gasteiger partial charge in [0.05, 0.1) is 18.8 Å². The molecule has 2 unspecified atom stereocenters. The molecule has 0 radical (unpaired) electrons. The van der Waals surface area contributed by atoms with Crippen LogP contribution in [0, 0.1) is 11.8 Å². The van der Waals surface area contributed by atoms with Crippen LogP contribution in [0.4, 0.5) is 0 Å². The second kappa shape index (κ2) is 6.28. The van der Waals surface area contributed by atoms with E-state index in [4.69, 9.17) is 4.74 Å². The Morgan fingerprint density at radius 2 is 2.06 bits per heavy atom. The quantitative estimate of drug-likeness (QED) is 0.716. The number of hydrogen-bond donors (Lipinski definition) is 0. The highest BCUT2D eigenvalue weighted by atomic mass is 32.2. The van der Waals surface area contributed by atoms with Gasteiger partial charge in [-0.3, -0.25) is 9.59 Å². The SMILES string of the molecule is COC(=O)C1CN(C(=O)CSC(C)C)CC1C. The molecular weight excluding hydrogens is 238 g/mol. The Morgan fingerprint density at radius 1 is 1.41 bits per heavy atom. The van der Waals surface area contributed by atoms with Gasteiger partial charge in [-0.1, -0.05) is 20.8 Å². The van der Waals surface area contributed by atoms with Gasteiger partial charge in [-0.25, -0.2) is 0 Å². The zero-order valence-corrected chi connectivity index (χ0v) is 11.8. The summed E-state index contributed by atoms with van der Waals surface area (Å²) in [6, 6.07) is 0. The summed E-state index contributed by atoms with van der Waals surface area (Å²) in [5.41, 5.74) is 0. The second-order valence-corrected chi connectivity index (χ2v) is 6.33. The lowest BCUT2D eigenvalue weighted by molar-refractivity contribution is -0.146. The van der Waals surface area contributed by atoms with Gasteiger partial charge in [0.1, 0.15) is 0 Å². The van der Waals surface area contributed by atoms with Crippen LogP contribution in [0.15, 0.2) is 0 Å². The molecule has 98 valence electrons. The lowest BCUT2D eigenvalue weighted by Crippen LogP contribution is -2.31. The number of ether oxygens (including phenoxy) is 1. The van der Waals surface area contributed by atoms with Crippen molar-refractivity contribution in [1.82, 2.24) is 4.90 Å². The Labute approximate surface area is 107 Å². The molecule has 0 aliphatic carbocycles. The molecule has 0 bridgehead atoms. The van der Waals surface area contributed by atoms with Crippen LogP contribution in [0.5, 0.6) is 0 Å². The van der Waals surface area contributed by atoms with Crippen molar-refractivity contribution in [3.05, 3.63) is 0 Å². The van der Waals surface area contributed by atoms with Crippen LogP contribution in [0.25, 0.3) is 0 Å². The summed E-state index contributed by atoms with van der Waals surface area (Å²) < 4.78 is 4.75. The predicted octanol–water partition coefficient (Wildman–Crippen LogP) is 1.40. The van der Waals surface area contributed by atoms with Crippen LogP contribution in [-0.4, -0.2) is 48.0 Å². The van der Waals surface area contributed by atoms with Crippen molar-refractivity contribution in [3.63, 3.8) is 0 Å². The average molecular weight is 259 g/mol. The van der Waals surface area contributed by atoms with Crippen LogP contribution < -0.4 is 0 Å². The fourth-order valence-corrected chi connectivity index (χ4v) is 2.62. The molecule has 0 aromatic carbocycles. The molecule has 1 saturated heterocycles. The molecule has 0 aromatic rings. The van der Waals surface area contributed by atoms with Gasteiger partial charge in [-0.15, -0.1) is 11.8 Å². The van der Waals surface area contributed by atoms with Gasteiger partial charge in [-0.05, 0) is 11.2 Å². The first-order chi connectivity index (χ1) is 7.95. The molecule has 0 spiro atoms. The Morgan fingerprint density at radius 3 is 2.59 bits per heavy atom. The monoisotopic (exact) mass is 259 g/mol. The Bertz CT molecular complexity index is 293. The standard InChI is InChI=1S/C12H21NO3S/c1-8(2)17-7-11(14)13-5-9(3)10(6-13)12(15)16-4/h8-10H,5-7H2,1-4H3. The topological polar surface area (TPSA) is 46.6 Å². The van der Waals surface area contributed by atoms with Crippen molar-refractivity contribution in [3.8, 4) is 0 Å². The minimum absolute atomic E-state index is 0.127. The van der Waals surface area contributed by atoms with Crippen molar-refractivity contribution in [1.29, 1.82) is 0 Å². The number of esters is 1. The van der Waals surface area contributed by atoms with Crippen LogP contribution in [-0.2, 0) is 14.3 Å². The largest absolute Gasteiger partial charge is 0.469 e. The summed E-state index contributed by atoms with van der Waals surface area (Å²) in [4.78, 5) is 25.2. The van der Waals surface area contributed by atoms with Gasteiger partial charge >= 0.3 is 5.97 Å². The summed E-state index contributed by atoms with van der Waals surface area (Å²) in [5.74, 6) is 0.452. The molecule has 1 rings (SSSR count). The number of carbonyl (C=O) groups excluding carboxylic acids is 2. The number of hydrogen-bond acceptors (Lipinski definition) is 4. The van der Waals surface area contributed by atoms with Gasteiger partial charge in [0.25, 0.3) is 0 Å². The summed E-state index contributed by atoms with van der Waals surface area (Å²) in [6.45, 7) is 7.30. The van der Waals surface area contributed by atoms with Crippen LogP contribution >= 0.6 is 11.8 Å². The first-order valence-electron chi connectivity index (χ1n) is 5.93. The van der Waals surface area contributed by atoms with Gasteiger partial charge in [-0.2, -0.15) is 0 Å². The average Bonchev–Trinajstić information content (AvgIpc) is 2.67. The van der Waals surface area contributed by atoms with Crippen LogP contribution in [0.1, 0.15) is 20.8 Å². The summed E-state index contributed by atoms with van der Waals surface area (Å²) in [5, 5.41) is 0.454. The smallest absolute Gasteiger partial charge is 0.310 e. The minimum atomic E-state index is -0.204. The van der Waals surface area contributed by atoms with Gasteiger partial charge in [0, 0.05) is 13.1 Å². The number of nitrogens with zero attached hydrogens (tertiary/aromatic N) is 1. The third kappa shape index (κ3) is 3.91. The maximum Gasteiger partial charge on any atom is 0.310 e. The van der Waals surface area contributed by atoms with Crippen molar-refractivity contribution in [2.45, 2.75) is 26.0 Å². The highest BCUT2D eigenvalue weighted by Crippen LogP contribution is 2.25. The molecule has 1 aliphatic heterocycles. The molecule has 17 heavy (non-hydrogen) atoms. The number of likely N-dealkylation sites (tertiary alicyclic amines) is 1. The molecule has 0 aromatic heterocycles. The Kier molecular flexibility index (Phi) is 5.31. The van der Waals surface area contributed by atoms with Gasteiger partial charge in [0.2, 0.25) is 5.91 Å². The molecule has 2 atom stereocenters. The van der Waals surface area contributed by atoms with Crippen molar-refractivity contribution >= 4 is 23.6 Å². The van der Waals surface area contributed by atoms with Crippen molar-refractivity contribution < 1.29 is 14.3 Å². The van der Waals surface area contributed by atoms with E-state index in [-0.39, 0.29) is 23.7 Å². The molecule has 4 nitrogen and oxygen atoms in total. The van der Waals surface area contributed by atoms with E-state index in [2.05, 4.69) is 13.8 Å². The predicted molar refractivity (Wildman–Crippen MR) is 68.8 cm³/mol. The first-order valence-corrected chi connectivity index (χ1v) is 6.97. The van der Waals surface area contributed by atoms with E-state index in [0.717, 1.165) is 0 Å². The molecule has 0 saturated carbocycles. The van der Waals surface area contributed by atoms with E-state index in [9.17, 15) is 9.59 Å².